The van der Waals surface area contributed by atoms with Crippen LogP contribution in [-0.2, 0) is 4.74 Å². The van der Waals surface area contributed by atoms with E-state index in [1.807, 2.05) is 19.2 Å². The van der Waals surface area contributed by atoms with E-state index in [0.29, 0.717) is 16.3 Å². The van der Waals surface area contributed by atoms with E-state index in [1.165, 1.54) is 18.2 Å². The maximum Gasteiger partial charge on any atom is 0.166 e. The van der Waals surface area contributed by atoms with Crippen molar-refractivity contribution in [2.24, 2.45) is 4.99 Å². The van der Waals surface area contributed by atoms with Crippen LogP contribution < -0.4 is 10.5 Å². The van der Waals surface area contributed by atoms with Crippen LogP contribution in [-0.4, -0.2) is 30.0 Å². The summed E-state index contributed by atoms with van der Waals surface area (Å²) in [5, 5.41) is 0.434. The van der Waals surface area contributed by atoms with Gasteiger partial charge in [0.05, 0.1) is 12.1 Å². The number of allylic oxidation sites excluding steroid dienone is 1. The van der Waals surface area contributed by atoms with E-state index in [9.17, 15) is 4.39 Å². The molecular formula is C24H29ClFN3O2. The lowest BCUT2D eigenvalue weighted by Crippen LogP contribution is -2.14. The molecule has 0 saturated carbocycles. The zero-order valence-electron chi connectivity index (χ0n) is 18.1. The Hall–Kier alpha value is -2.44. The molecule has 0 radical (unpaired) electrons. The van der Waals surface area contributed by atoms with Gasteiger partial charge in [0, 0.05) is 35.2 Å². The quantitative estimate of drug-likeness (QED) is 0.511. The van der Waals surface area contributed by atoms with Crippen LogP contribution in [0.25, 0.3) is 5.57 Å². The van der Waals surface area contributed by atoms with Gasteiger partial charge in [0.1, 0.15) is 11.9 Å². The predicted molar refractivity (Wildman–Crippen MR) is 124 cm³/mol. The Morgan fingerprint density at radius 1 is 1.29 bits per heavy atom. The molecule has 2 N–H and O–H groups in total. The van der Waals surface area contributed by atoms with Gasteiger partial charge in [-0.2, -0.15) is 0 Å². The van der Waals surface area contributed by atoms with Crippen LogP contribution in [0.15, 0.2) is 41.5 Å². The SMILES string of the molecule is CCOC(C)CCC1CC=C(c2cnc(N)c(OC(C)c3cc(F)ccc3Cl)c2)C=N1. The molecule has 5 nitrogen and oxygen atoms in total. The van der Waals surface area contributed by atoms with Crippen molar-refractivity contribution < 1.29 is 13.9 Å². The maximum atomic E-state index is 13.6. The van der Waals surface area contributed by atoms with Crippen LogP contribution in [0.3, 0.4) is 0 Å². The molecule has 0 aliphatic carbocycles. The molecule has 31 heavy (non-hydrogen) atoms. The topological polar surface area (TPSA) is 69.7 Å². The highest BCUT2D eigenvalue weighted by Crippen LogP contribution is 2.32. The number of ether oxygens (including phenoxy) is 2. The second-order valence-electron chi connectivity index (χ2n) is 7.70. The number of pyridine rings is 1. The van der Waals surface area contributed by atoms with Gasteiger partial charge < -0.3 is 15.2 Å². The van der Waals surface area contributed by atoms with Gasteiger partial charge in [-0.05, 0) is 69.9 Å². The van der Waals surface area contributed by atoms with Crippen molar-refractivity contribution in [1.29, 1.82) is 0 Å². The molecule has 1 aliphatic heterocycles. The number of benzene rings is 1. The molecule has 1 aromatic carbocycles. The normalized spacial score (nSPS) is 17.8. The lowest BCUT2D eigenvalue weighted by atomic mass is 9.99. The summed E-state index contributed by atoms with van der Waals surface area (Å²) in [4.78, 5) is 8.96. The molecule has 1 aliphatic rings. The van der Waals surface area contributed by atoms with E-state index in [0.717, 1.165) is 37.0 Å². The smallest absolute Gasteiger partial charge is 0.166 e. The average Bonchev–Trinajstić information content (AvgIpc) is 2.76. The number of aromatic nitrogens is 1. The van der Waals surface area contributed by atoms with Gasteiger partial charge in [0.15, 0.2) is 11.6 Å². The van der Waals surface area contributed by atoms with Gasteiger partial charge in [-0.1, -0.05) is 17.7 Å². The van der Waals surface area contributed by atoms with Gasteiger partial charge in [-0.15, -0.1) is 0 Å². The van der Waals surface area contributed by atoms with Crippen LogP contribution in [0.5, 0.6) is 5.75 Å². The minimum absolute atomic E-state index is 0.250. The van der Waals surface area contributed by atoms with E-state index in [1.54, 1.807) is 13.1 Å². The van der Waals surface area contributed by atoms with Crippen molar-refractivity contribution in [3.63, 3.8) is 0 Å². The summed E-state index contributed by atoms with van der Waals surface area (Å²) in [7, 11) is 0. The first-order valence-electron chi connectivity index (χ1n) is 10.6. The second kappa shape index (κ2) is 10.7. The fraction of sp³-hybridized carbons (Fsp3) is 0.417. The van der Waals surface area contributed by atoms with Crippen LogP contribution in [0, 0.1) is 5.82 Å². The van der Waals surface area contributed by atoms with E-state index in [-0.39, 0.29) is 23.8 Å². The molecule has 0 saturated heterocycles. The van der Waals surface area contributed by atoms with Crippen molar-refractivity contribution in [1.82, 2.24) is 4.98 Å². The summed E-state index contributed by atoms with van der Waals surface area (Å²) in [6.07, 6.45) is 8.34. The number of rotatable bonds is 9. The summed E-state index contributed by atoms with van der Waals surface area (Å²) >= 11 is 6.20. The summed E-state index contributed by atoms with van der Waals surface area (Å²) in [6, 6.07) is 6.29. The Labute approximate surface area is 188 Å². The van der Waals surface area contributed by atoms with Gasteiger partial charge >= 0.3 is 0 Å². The van der Waals surface area contributed by atoms with E-state index >= 15 is 0 Å². The molecule has 0 amide bonds. The Morgan fingerprint density at radius 3 is 2.81 bits per heavy atom. The summed E-state index contributed by atoms with van der Waals surface area (Å²) < 4.78 is 25.2. The molecule has 0 spiro atoms. The number of hydrogen-bond acceptors (Lipinski definition) is 5. The highest BCUT2D eigenvalue weighted by Gasteiger charge is 2.17. The fourth-order valence-corrected chi connectivity index (χ4v) is 3.80. The van der Waals surface area contributed by atoms with Crippen molar-refractivity contribution in [3.8, 4) is 5.75 Å². The summed E-state index contributed by atoms with van der Waals surface area (Å²) in [5.41, 5.74) is 8.41. The number of halogens is 2. The molecule has 166 valence electrons. The third kappa shape index (κ3) is 6.28. The first-order chi connectivity index (χ1) is 14.9. The van der Waals surface area contributed by atoms with Crippen molar-refractivity contribution in [2.75, 3.05) is 12.3 Å². The molecular weight excluding hydrogens is 417 g/mol. The molecule has 7 heteroatoms. The molecule has 0 fully saturated rings. The third-order valence-electron chi connectivity index (χ3n) is 5.31. The first-order valence-corrected chi connectivity index (χ1v) is 11.0. The number of nitrogen functional groups attached to an aromatic ring is 1. The summed E-state index contributed by atoms with van der Waals surface area (Å²) in [6.45, 7) is 6.63. The van der Waals surface area contributed by atoms with Crippen LogP contribution in [0.4, 0.5) is 10.2 Å². The predicted octanol–water partition coefficient (Wildman–Crippen LogP) is 6.03. The monoisotopic (exact) mass is 445 g/mol. The molecule has 1 aromatic heterocycles. The Kier molecular flexibility index (Phi) is 8.04. The maximum absolute atomic E-state index is 13.6. The van der Waals surface area contributed by atoms with E-state index < -0.39 is 6.10 Å². The standard InChI is InChI=1S/C24H29ClFN3O2/c1-4-30-15(2)5-8-20-9-6-17(13-28-20)18-11-23(24(27)29-14-18)31-16(3)21-12-19(26)7-10-22(21)25/h6-7,10-16,20H,4-5,8-9H2,1-3H3,(H2,27,29). The molecule has 3 unspecified atom stereocenters. The number of nitrogens with zero attached hydrogens (tertiary/aromatic N) is 2. The van der Waals surface area contributed by atoms with E-state index in [2.05, 4.69) is 18.0 Å². The highest BCUT2D eigenvalue weighted by molar-refractivity contribution is 6.31. The largest absolute Gasteiger partial charge is 0.482 e. The number of nitrogens with two attached hydrogens (primary N) is 1. The zero-order chi connectivity index (χ0) is 22.4. The Balaban J connectivity index is 1.67. The highest BCUT2D eigenvalue weighted by atomic mass is 35.5. The van der Waals surface area contributed by atoms with Crippen molar-refractivity contribution >= 4 is 29.2 Å². The molecule has 0 bridgehead atoms. The number of dihydropyridines is 1. The van der Waals surface area contributed by atoms with Crippen LogP contribution >= 0.6 is 11.6 Å². The van der Waals surface area contributed by atoms with Crippen LogP contribution in [0.2, 0.25) is 5.02 Å². The number of anilines is 1. The Morgan fingerprint density at radius 2 is 2.10 bits per heavy atom. The molecule has 3 rings (SSSR count). The lowest BCUT2D eigenvalue weighted by Gasteiger charge is -2.20. The van der Waals surface area contributed by atoms with Crippen molar-refractivity contribution in [2.45, 2.75) is 58.3 Å². The molecule has 2 heterocycles. The summed E-state index contributed by atoms with van der Waals surface area (Å²) in [5.74, 6) is 0.315. The van der Waals surface area contributed by atoms with Crippen molar-refractivity contribution in [3.05, 3.63) is 58.5 Å². The average molecular weight is 446 g/mol. The minimum atomic E-state index is -0.492. The third-order valence-corrected chi connectivity index (χ3v) is 5.65. The zero-order valence-corrected chi connectivity index (χ0v) is 18.9. The van der Waals surface area contributed by atoms with Gasteiger partial charge in [0.2, 0.25) is 0 Å². The van der Waals surface area contributed by atoms with Gasteiger partial charge in [-0.3, -0.25) is 4.99 Å². The second-order valence-corrected chi connectivity index (χ2v) is 8.11. The molecule has 2 aromatic rings. The fourth-order valence-electron chi connectivity index (χ4n) is 3.53. The Bertz CT molecular complexity index is 964. The van der Waals surface area contributed by atoms with Crippen LogP contribution in [0.1, 0.15) is 57.3 Å². The number of hydrogen-bond donors (Lipinski definition) is 1. The van der Waals surface area contributed by atoms with Gasteiger partial charge in [0.25, 0.3) is 0 Å². The van der Waals surface area contributed by atoms with E-state index in [4.69, 9.17) is 31.8 Å². The van der Waals surface area contributed by atoms with Gasteiger partial charge in [-0.25, -0.2) is 9.37 Å². The minimum Gasteiger partial charge on any atom is -0.482 e. The number of aliphatic imine (C=N–C) groups is 1. The molecule has 3 atom stereocenters. The first kappa shape index (κ1) is 23.2. The lowest BCUT2D eigenvalue weighted by molar-refractivity contribution is 0.0676.